The van der Waals surface area contributed by atoms with Gasteiger partial charge in [0, 0.05) is 19.0 Å². The maximum Gasteiger partial charge on any atom is 1.00 e. The van der Waals surface area contributed by atoms with Gasteiger partial charge in [0.05, 0.1) is 0 Å². The number of carbonyl (C=O) groups is 1. The normalized spacial score (nSPS) is 7.00. The van der Waals surface area contributed by atoms with Gasteiger partial charge in [0.15, 0.2) is 0 Å². The number of carboxylic acids is 1. The van der Waals surface area contributed by atoms with Gasteiger partial charge in [-0.15, -0.1) is 0 Å². The Bertz CT molecular complexity index is 54.1. The Labute approximate surface area is 90.5 Å². The first kappa shape index (κ1) is 11.1. The van der Waals surface area contributed by atoms with Crippen molar-refractivity contribution in [2.75, 3.05) is 6.61 Å². The van der Waals surface area contributed by atoms with E-state index in [4.69, 9.17) is 5.11 Å². The summed E-state index contributed by atoms with van der Waals surface area (Å²) in [6.45, 7) is -0.331. The SMILES string of the molecule is O=C([O-])CCO.[Rb+]. The minimum Gasteiger partial charge on any atom is -0.550 e. The maximum atomic E-state index is 9.33. The van der Waals surface area contributed by atoms with Crippen LogP contribution in [0.1, 0.15) is 6.42 Å². The molecule has 0 aliphatic heterocycles. The van der Waals surface area contributed by atoms with Crippen molar-refractivity contribution in [3.8, 4) is 0 Å². The zero-order chi connectivity index (χ0) is 4.99. The van der Waals surface area contributed by atoms with E-state index in [1.165, 1.54) is 0 Å². The number of aliphatic carboxylic acids is 1. The molecule has 0 fully saturated rings. The molecular formula is C3H5O3Rb. The summed E-state index contributed by atoms with van der Waals surface area (Å²) in [5.41, 5.74) is 0. The van der Waals surface area contributed by atoms with E-state index in [0.717, 1.165) is 0 Å². The Kier molecular flexibility index (Phi) is 11.5. The van der Waals surface area contributed by atoms with E-state index in [1.54, 1.807) is 0 Å². The fourth-order valence-corrected chi connectivity index (χ4v) is 0.0913. The van der Waals surface area contributed by atoms with Crippen LogP contribution in [-0.2, 0) is 4.79 Å². The van der Waals surface area contributed by atoms with Gasteiger partial charge in [0.25, 0.3) is 0 Å². The van der Waals surface area contributed by atoms with Crippen LogP contribution in [0, 0.1) is 0 Å². The number of aliphatic hydroxyl groups excluding tert-OH is 1. The summed E-state index contributed by atoms with van der Waals surface area (Å²) < 4.78 is 0. The number of hydrogen-bond donors (Lipinski definition) is 1. The van der Waals surface area contributed by atoms with Gasteiger partial charge in [0.2, 0.25) is 0 Å². The first-order valence-corrected chi connectivity index (χ1v) is 1.58. The third kappa shape index (κ3) is 11.1. The Morgan fingerprint density at radius 2 is 2.14 bits per heavy atom. The summed E-state index contributed by atoms with van der Waals surface area (Å²) in [5.74, 6) is -1.21. The molecule has 0 unspecified atom stereocenters. The molecule has 0 aliphatic carbocycles. The van der Waals surface area contributed by atoms with Crippen molar-refractivity contribution in [1.29, 1.82) is 0 Å². The number of hydrogen-bond acceptors (Lipinski definition) is 3. The van der Waals surface area contributed by atoms with E-state index in [2.05, 4.69) is 0 Å². The topological polar surface area (TPSA) is 60.4 Å². The van der Waals surface area contributed by atoms with Gasteiger partial charge in [0.1, 0.15) is 0 Å². The van der Waals surface area contributed by atoms with E-state index in [9.17, 15) is 9.90 Å². The van der Waals surface area contributed by atoms with Crippen LogP contribution in [0.25, 0.3) is 0 Å². The Morgan fingerprint density at radius 3 is 2.14 bits per heavy atom. The molecule has 0 aromatic heterocycles. The third-order valence-electron chi connectivity index (χ3n) is 0.316. The number of carboxylic acid groups (broad SMARTS) is 1. The molecule has 0 bridgehead atoms. The number of aliphatic hydroxyl groups is 1. The van der Waals surface area contributed by atoms with E-state index < -0.39 is 5.97 Å². The van der Waals surface area contributed by atoms with Crippen LogP contribution < -0.4 is 63.3 Å². The molecule has 0 spiro atoms. The number of carbonyl (C=O) groups excluding carboxylic acids is 1. The fourth-order valence-electron chi connectivity index (χ4n) is 0.0913. The van der Waals surface area contributed by atoms with Crippen LogP contribution in [-0.4, -0.2) is 17.7 Å². The molecular weight excluding hydrogens is 169 g/mol. The van der Waals surface area contributed by atoms with Crippen molar-refractivity contribution in [3.63, 3.8) is 0 Å². The summed E-state index contributed by atoms with van der Waals surface area (Å²) in [6, 6.07) is 0. The smallest absolute Gasteiger partial charge is 0.550 e. The van der Waals surface area contributed by atoms with Crippen molar-refractivity contribution in [2.45, 2.75) is 6.42 Å². The molecule has 0 radical (unpaired) electrons. The molecule has 0 saturated heterocycles. The van der Waals surface area contributed by atoms with Gasteiger partial charge in [-0.25, -0.2) is 0 Å². The molecule has 3 nitrogen and oxygen atoms in total. The summed E-state index contributed by atoms with van der Waals surface area (Å²) >= 11 is 0. The minimum atomic E-state index is -1.21. The standard InChI is InChI=1S/C3H6O3.Rb/c4-2-1-3(5)6;/h4H,1-2H2,(H,5,6);/q;+1/p-1. The van der Waals surface area contributed by atoms with Gasteiger partial charge >= 0.3 is 58.2 Å². The monoisotopic (exact) mass is 174 g/mol. The van der Waals surface area contributed by atoms with E-state index in [-0.39, 0.29) is 71.2 Å². The Balaban J connectivity index is 0. The van der Waals surface area contributed by atoms with Crippen molar-refractivity contribution < 1.29 is 73.2 Å². The fraction of sp³-hybridized carbons (Fsp3) is 0.667. The molecule has 1 N–H and O–H groups in total. The van der Waals surface area contributed by atoms with Crippen LogP contribution in [0.15, 0.2) is 0 Å². The molecule has 0 saturated carbocycles. The van der Waals surface area contributed by atoms with Crippen molar-refractivity contribution in [1.82, 2.24) is 0 Å². The molecule has 0 amide bonds. The largest absolute Gasteiger partial charge is 1.00 e. The van der Waals surface area contributed by atoms with Gasteiger partial charge in [-0.1, -0.05) is 0 Å². The molecule has 0 rings (SSSR count). The Morgan fingerprint density at radius 1 is 1.71 bits per heavy atom. The second-order valence-electron chi connectivity index (χ2n) is 0.846. The maximum absolute atomic E-state index is 9.33. The summed E-state index contributed by atoms with van der Waals surface area (Å²) in [5, 5.41) is 17.1. The van der Waals surface area contributed by atoms with Crippen molar-refractivity contribution >= 4 is 5.97 Å². The second kappa shape index (κ2) is 7.24. The molecule has 0 aromatic carbocycles. The van der Waals surface area contributed by atoms with Gasteiger partial charge in [-0.3, -0.25) is 0 Å². The first-order chi connectivity index (χ1) is 2.77. The zero-order valence-electron chi connectivity index (χ0n) is 4.18. The molecule has 7 heavy (non-hydrogen) atoms. The molecule has 0 aromatic rings. The molecule has 0 heterocycles. The van der Waals surface area contributed by atoms with Gasteiger partial charge in [-0.05, 0) is 0 Å². The second-order valence-corrected chi connectivity index (χ2v) is 0.846. The van der Waals surface area contributed by atoms with Gasteiger partial charge < -0.3 is 15.0 Å². The average Bonchev–Trinajstić information content (AvgIpc) is 1.35. The van der Waals surface area contributed by atoms with Crippen LogP contribution >= 0.6 is 0 Å². The van der Waals surface area contributed by atoms with Crippen LogP contribution in [0.4, 0.5) is 0 Å². The summed E-state index contributed by atoms with van der Waals surface area (Å²) in [6.07, 6.45) is -0.264. The zero-order valence-corrected chi connectivity index (χ0v) is 9.09. The van der Waals surface area contributed by atoms with Crippen LogP contribution in [0.2, 0.25) is 0 Å². The third-order valence-corrected chi connectivity index (χ3v) is 0.316. The van der Waals surface area contributed by atoms with Gasteiger partial charge in [-0.2, -0.15) is 0 Å². The quantitative estimate of drug-likeness (QED) is 0.457. The molecule has 4 heteroatoms. The minimum absolute atomic E-state index is 0. The average molecular weight is 175 g/mol. The van der Waals surface area contributed by atoms with E-state index in [1.807, 2.05) is 0 Å². The van der Waals surface area contributed by atoms with E-state index in [0.29, 0.717) is 0 Å². The molecule has 0 aliphatic rings. The predicted octanol–water partition coefficient (Wildman–Crippen LogP) is -4.88. The Hall–Kier alpha value is 1.24. The van der Waals surface area contributed by atoms with E-state index >= 15 is 0 Å². The summed E-state index contributed by atoms with van der Waals surface area (Å²) in [7, 11) is 0. The van der Waals surface area contributed by atoms with Crippen molar-refractivity contribution in [3.05, 3.63) is 0 Å². The number of rotatable bonds is 2. The van der Waals surface area contributed by atoms with Crippen molar-refractivity contribution in [2.24, 2.45) is 0 Å². The van der Waals surface area contributed by atoms with Crippen LogP contribution in [0.5, 0.6) is 0 Å². The molecule has 0 atom stereocenters. The first-order valence-electron chi connectivity index (χ1n) is 1.58. The van der Waals surface area contributed by atoms with Crippen LogP contribution in [0.3, 0.4) is 0 Å². The predicted molar refractivity (Wildman–Crippen MR) is 16.7 cm³/mol. The molecule has 36 valence electrons. The summed E-state index contributed by atoms with van der Waals surface area (Å²) in [4.78, 5) is 9.33.